The molecule has 0 amide bonds. The number of ketones is 2. The molecule has 0 aromatic rings. The lowest BCUT2D eigenvalue weighted by molar-refractivity contribution is -0.119. The lowest BCUT2D eigenvalue weighted by Crippen LogP contribution is -2.43. The van der Waals surface area contributed by atoms with Crippen molar-refractivity contribution in [1.29, 1.82) is 0 Å². The first kappa shape index (κ1) is 15.1. The van der Waals surface area contributed by atoms with Crippen LogP contribution < -0.4 is 0 Å². The molecule has 2 saturated heterocycles. The second-order valence-electron chi connectivity index (χ2n) is 5.91. The summed E-state index contributed by atoms with van der Waals surface area (Å²) in [5, 5.41) is 0. The Balaban J connectivity index is 2.37. The summed E-state index contributed by atoms with van der Waals surface area (Å²) in [6, 6.07) is 0. The van der Waals surface area contributed by atoms with Gasteiger partial charge in [-0.2, -0.15) is 0 Å². The maximum Gasteiger partial charge on any atom is 0.167 e. The fraction of sp³-hybridized carbons (Fsp3) is 0.750. The molecule has 0 saturated carbocycles. The van der Waals surface area contributed by atoms with E-state index in [1.165, 1.54) is 26.7 Å². The van der Waals surface area contributed by atoms with E-state index < -0.39 is 0 Å². The van der Waals surface area contributed by atoms with Gasteiger partial charge in [-0.25, -0.2) is 0 Å². The molecular formula is C16H26N2O2. The summed E-state index contributed by atoms with van der Waals surface area (Å²) in [6.07, 6.45) is 7.11. The van der Waals surface area contributed by atoms with E-state index in [1.807, 2.05) is 0 Å². The summed E-state index contributed by atoms with van der Waals surface area (Å²) >= 11 is 0. The smallest absolute Gasteiger partial charge is 0.167 e. The molecule has 4 nitrogen and oxygen atoms in total. The van der Waals surface area contributed by atoms with E-state index in [0.717, 1.165) is 57.7 Å². The highest BCUT2D eigenvalue weighted by molar-refractivity contribution is 6.18. The van der Waals surface area contributed by atoms with Crippen LogP contribution in [0.1, 0.15) is 52.4 Å². The van der Waals surface area contributed by atoms with Crippen molar-refractivity contribution < 1.29 is 9.59 Å². The number of Topliss-reactive ketones (excluding diaryl/α,β-unsaturated/α-hetero) is 2. The first-order valence-electron chi connectivity index (χ1n) is 7.87. The van der Waals surface area contributed by atoms with Gasteiger partial charge in [-0.05, 0) is 52.4 Å². The maximum absolute atomic E-state index is 12.0. The molecule has 0 spiro atoms. The Kier molecular flexibility index (Phi) is 5.21. The van der Waals surface area contributed by atoms with E-state index >= 15 is 0 Å². The lowest BCUT2D eigenvalue weighted by Gasteiger charge is -2.40. The minimum absolute atomic E-state index is 0.0938. The molecule has 0 atom stereocenters. The van der Waals surface area contributed by atoms with Crippen molar-refractivity contribution in [3.63, 3.8) is 0 Å². The first-order chi connectivity index (χ1) is 9.61. The van der Waals surface area contributed by atoms with Crippen LogP contribution in [0.15, 0.2) is 11.4 Å². The normalized spacial score (nSPS) is 19.7. The third kappa shape index (κ3) is 3.41. The van der Waals surface area contributed by atoms with Gasteiger partial charge in [0, 0.05) is 26.2 Å². The molecule has 0 aromatic carbocycles. The van der Waals surface area contributed by atoms with Gasteiger partial charge in [-0.3, -0.25) is 9.59 Å². The molecule has 0 bridgehead atoms. The van der Waals surface area contributed by atoms with Crippen LogP contribution in [0.2, 0.25) is 0 Å². The number of likely N-dealkylation sites (tertiary alicyclic amines) is 2. The van der Waals surface area contributed by atoms with E-state index in [1.54, 1.807) is 0 Å². The number of hydrogen-bond acceptors (Lipinski definition) is 4. The van der Waals surface area contributed by atoms with Gasteiger partial charge in [0.25, 0.3) is 0 Å². The van der Waals surface area contributed by atoms with Crippen LogP contribution in [0.25, 0.3) is 0 Å². The highest BCUT2D eigenvalue weighted by Gasteiger charge is 2.27. The molecule has 0 aromatic heterocycles. The van der Waals surface area contributed by atoms with Crippen LogP contribution >= 0.6 is 0 Å². The average Bonchev–Trinajstić information content (AvgIpc) is 2.45. The Bertz CT molecular complexity index is 367. The van der Waals surface area contributed by atoms with Crippen LogP contribution in [-0.2, 0) is 9.59 Å². The van der Waals surface area contributed by atoms with Crippen molar-refractivity contribution >= 4 is 11.6 Å². The third-order valence-corrected chi connectivity index (χ3v) is 4.24. The van der Waals surface area contributed by atoms with Gasteiger partial charge in [-0.1, -0.05) is 0 Å². The predicted molar refractivity (Wildman–Crippen MR) is 79.2 cm³/mol. The van der Waals surface area contributed by atoms with Crippen LogP contribution in [0.4, 0.5) is 0 Å². The van der Waals surface area contributed by atoms with E-state index in [9.17, 15) is 9.59 Å². The molecule has 0 unspecified atom stereocenters. The van der Waals surface area contributed by atoms with E-state index in [2.05, 4.69) is 9.80 Å². The van der Waals surface area contributed by atoms with E-state index in [4.69, 9.17) is 0 Å². The molecule has 0 N–H and O–H groups in total. The highest BCUT2D eigenvalue weighted by atomic mass is 16.1. The van der Waals surface area contributed by atoms with Crippen molar-refractivity contribution in [2.24, 2.45) is 0 Å². The maximum atomic E-state index is 12.0. The summed E-state index contributed by atoms with van der Waals surface area (Å²) in [7, 11) is 0. The summed E-state index contributed by atoms with van der Waals surface area (Å²) < 4.78 is 0. The Labute approximate surface area is 121 Å². The second-order valence-corrected chi connectivity index (χ2v) is 5.91. The topological polar surface area (TPSA) is 40.6 Å². The summed E-state index contributed by atoms with van der Waals surface area (Å²) in [6.45, 7) is 6.91. The summed E-state index contributed by atoms with van der Waals surface area (Å²) in [5.41, 5.74) is 0.411. The molecular weight excluding hydrogens is 252 g/mol. The number of rotatable bonds is 4. The van der Waals surface area contributed by atoms with Crippen molar-refractivity contribution in [1.82, 2.24) is 9.80 Å². The van der Waals surface area contributed by atoms with Crippen LogP contribution in [0, 0.1) is 0 Å². The van der Waals surface area contributed by atoms with Gasteiger partial charge in [0.1, 0.15) is 11.4 Å². The summed E-state index contributed by atoms with van der Waals surface area (Å²) in [4.78, 5) is 28.5. The monoisotopic (exact) mass is 278 g/mol. The van der Waals surface area contributed by atoms with Crippen LogP contribution in [-0.4, -0.2) is 47.5 Å². The highest BCUT2D eigenvalue weighted by Crippen LogP contribution is 2.25. The standard InChI is InChI=1S/C16H26N2O2/c1-13(19)15(14(2)20)16(17-9-5-3-6-10-17)18-11-7-4-8-12-18/h3-12H2,1-2H3. The van der Waals surface area contributed by atoms with E-state index in [-0.39, 0.29) is 11.6 Å². The molecule has 2 rings (SSSR count). The first-order valence-corrected chi connectivity index (χ1v) is 7.87. The van der Waals surface area contributed by atoms with Gasteiger partial charge >= 0.3 is 0 Å². The molecule has 20 heavy (non-hydrogen) atoms. The van der Waals surface area contributed by atoms with Crippen LogP contribution in [0.3, 0.4) is 0 Å². The number of carbonyl (C=O) groups excluding carboxylic acids is 2. The Hall–Kier alpha value is -1.32. The SMILES string of the molecule is CC(=O)C(C(C)=O)=C(N1CCCCC1)N1CCCCC1. The van der Waals surface area contributed by atoms with Crippen molar-refractivity contribution in [3.8, 4) is 0 Å². The van der Waals surface area contributed by atoms with Gasteiger partial charge in [0.2, 0.25) is 0 Å². The predicted octanol–water partition coefficient (Wildman–Crippen LogP) is 2.35. The van der Waals surface area contributed by atoms with Gasteiger partial charge in [0.05, 0.1) is 0 Å². The summed E-state index contributed by atoms with van der Waals surface area (Å²) in [5.74, 6) is 0.733. The molecule has 112 valence electrons. The molecule has 0 radical (unpaired) electrons. The number of hydrogen-bond donors (Lipinski definition) is 0. The minimum Gasteiger partial charge on any atom is -0.358 e. The minimum atomic E-state index is -0.0938. The zero-order chi connectivity index (χ0) is 14.5. The molecule has 2 aliphatic heterocycles. The Morgan fingerprint density at radius 1 is 0.650 bits per heavy atom. The molecule has 0 aliphatic carbocycles. The van der Waals surface area contributed by atoms with Gasteiger partial charge in [-0.15, -0.1) is 0 Å². The molecule has 2 heterocycles. The Morgan fingerprint density at radius 2 is 1.00 bits per heavy atom. The van der Waals surface area contributed by atoms with Crippen molar-refractivity contribution in [2.75, 3.05) is 26.2 Å². The fourth-order valence-electron chi connectivity index (χ4n) is 3.29. The van der Waals surface area contributed by atoms with Crippen molar-refractivity contribution in [3.05, 3.63) is 11.4 Å². The van der Waals surface area contributed by atoms with Gasteiger partial charge < -0.3 is 9.80 Å². The quantitative estimate of drug-likeness (QED) is 0.450. The number of nitrogens with zero attached hydrogens (tertiary/aromatic N) is 2. The number of allylic oxidation sites excluding steroid dienone is 1. The van der Waals surface area contributed by atoms with Crippen LogP contribution in [0.5, 0.6) is 0 Å². The molecule has 4 heteroatoms. The second kappa shape index (κ2) is 6.91. The van der Waals surface area contributed by atoms with Crippen molar-refractivity contribution in [2.45, 2.75) is 52.4 Å². The zero-order valence-corrected chi connectivity index (χ0v) is 12.8. The molecule has 2 fully saturated rings. The number of piperidine rings is 2. The fourth-order valence-corrected chi connectivity index (χ4v) is 3.29. The average molecular weight is 278 g/mol. The lowest BCUT2D eigenvalue weighted by atomic mass is 10.0. The number of carbonyl (C=O) groups is 2. The van der Waals surface area contributed by atoms with E-state index in [0.29, 0.717) is 5.57 Å². The van der Waals surface area contributed by atoms with Gasteiger partial charge in [0.15, 0.2) is 11.6 Å². The third-order valence-electron chi connectivity index (χ3n) is 4.24. The largest absolute Gasteiger partial charge is 0.358 e. The Morgan fingerprint density at radius 3 is 1.30 bits per heavy atom. The zero-order valence-electron chi connectivity index (χ0n) is 12.8. The molecule has 2 aliphatic rings.